The minimum atomic E-state index is -3.14. The summed E-state index contributed by atoms with van der Waals surface area (Å²) in [5.41, 5.74) is 1.03. The van der Waals surface area contributed by atoms with Crippen molar-refractivity contribution in [1.82, 2.24) is 14.9 Å². The maximum absolute atomic E-state index is 13.1. The maximum Gasteiger partial charge on any atom is 0.208 e. The number of hydrogen-bond acceptors (Lipinski definition) is 4. The molecule has 1 aromatic carbocycles. The van der Waals surface area contributed by atoms with Crippen LogP contribution in [0.15, 0.2) is 29.3 Å². The number of sulfonamides is 1. The average Bonchev–Trinajstić information content (AvgIpc) is 2.60. The number of nitrogens with one attached hydrogen (secondary N) is 2. The van der Waals surface area contributed by atoms with Crippen LogP contribution in [-0.2, 0) is 10.0 Å². The van der Waals surface area contributed by atoms with Crippen molar-refractivity contribution in [3.63, 3.8) is 0 Å². The number of rotatable bonds is 7. The second-order valence-electron chi connectivity index (χ2n) is 6.21. The smallest absolute Gasteiger partial charge is 0.208 e. The first kappa shape index (κ1) is 23.9. The highest BCUT2D eigenvalue weighted by atomic mass is 127. The number of guanidine groups is 1. The minimum Gasteiger partial charge on any atom is -0.368 e. The van der Waals surface area contributed by atoms with Crippen LogP contribution in [0.5, 0.6) is 0 Å². The van der Waals surface area contributed by atoms with Crippen LogP contribution in [0.2, 0.25) is 0 Å². The Morgan fingerprint density at radius 1 is 1.19 bits per heavy atom. The van der Waals surface area contributed by atoms with Gasteiger partial charge in [0.15, 0.2) is 5.96 Å². The molecule has 1 saturated heterocycles. The van der Waals surface area contributed by atoms with E-state index in [0.717, 1.165) is 50.6 Å². The van der Waals surface area contributed by atoms with Gasteiger partial charge in [0.05, 0.1) is 6.26 Å². The van der Waals surface area contributed by atoms with Crippen molar-refractivity contribution in [3.8, 4) is 0 Å². The van der Waals surface area contributed by atoms with Crippen LogP contribution in [0.1, 0.15) is 13.3 Å². The maximum atomic E-state index is 13.1. The summed E-state index contributed by atoms with van der Waals surface area (Å²) in [4.78, 5) is 9.03. The van der Waals surface area contributed by atoms with E-state index in [1.54, 1.807) is 12.1 Å². The summed E-state index contributed by atoms with van der Waals surface area (Å²) in [5.74, 6) is 0.630. The first-order valence-corrected chi connectivity index (χ1v) is 10.8. The third-order valence-electron chi connectivity index (χ3n) is 4.07. The molecule has 0 unspecified atom stereocenters. The van der Waals surface area contributed by atoms with Gasteiger partial charge in [-0.15, -0.1) is 24.0 Å². The Labute approximate surface area is 178 Å². The number of benzene rings is 1. The molecule has 154 valence electrons. The van der Waals surface area contributed by atoms with Crippen molar-refractivity contribution >= 4 is 45.6 Å². The van der Waals surface area contributed by atoms with E-state index in [4.69, 9.17) is 0 Å². The summed E-state index contributed by atoms with van der Waals surface area (Å²) in [7, 11) is -3.14. The Balaban J connectivity index is 0.00000364. The standard InChI is InChI=1S/C17H28FN5O2S.HI/c1-3-19-17(20-9-4-10-21-26(2,24)25)23-13-11-22(12-14-23)16-7-5-15(18)6-8-16;/h5-8,21H,3-4,9-14H2,1-2H3,(H,19,20);1H. The molecule has 7 nitrogen and oxygen atoms in total. The summed E-state index contributed by atoms with van der Waals surface area (Å²) >= 11 is 0. The number of piperazine rings is 1. The number of nitrogens with zero attached hydrogens (tertiary/aromatic N) is 3. The van der Waals surface area contributed by atoms with Crippen molar-refractivity contribution < 1.29 is 12.8 Å². The quantitative estimate of drug-likeness (QED) is 0.250. The third kappa shape index (κ3) is 8.60. The summed E-state index contributed by atoms with van der Waals surface area (Å²) in [6.07, 6.45) is 1.80. The molecule has 0 saturated carbocycles. The Hall–Kier alpha value is -1.14. The fourth-order valence-electron chi connectivity index (χ4n) is 2.78. The van der Waals surface area contributed by atoms with E-state index >= 15 is 0 Å². The van der Waals surface area contributed by atoms with Crippen molar-refractivity contribution in [3.05, 3.63) is 30.1 Å². The van der Waals surface area contributed by atoms with E-state index in [1.807, 2.05) is 6.92 Å². The molecule has 0 atom stereocenters. The monoisotopic (exact) mass is 513 g/mol. The van der Waals surface area contributed by atoms with E-state index < -0.39 is 10.0 Å². The Morgan fingerprint density at radius 3 is 2.37 bits per heavy atom. The lowest BCUT2D eigenvalue weighted by atomic mass is 10.2. The molecule has 2 rings (SSSR count). The molecule has 1 heterocycles. The molecule has 0 bridgehead atoms. The highest BCUT2D eigenvalue weighted by Gasteiger charge is 2.19. The molecule has 1 aliphatic heterocycles. The first-order chi connectivity index (χ1) is 12.4. The molecule has 27 heavy (non-hydrogen) atoms. The molecule has 1 fully saturated rings. The average molecular weight is 513 g/mol. The predicted octanol–water partition coefficient (Wildman–Crippen LogP) is 1.47. The molecular weight excluding hydrogens is 484 g/mol. The van der Waals surface area contributed by atoms with Gasteiger partial charge in [-0.05, 0) is 37.6 Å². The SMILES string of the molecule is CCNC(=NCCCNS(C)(=O)=O)N1CCN(c2ccc(F)cc2)CC1.I. The van der Waals surface area contributed by atoms with E-state index in [2.05, 4.69) is 24.8 Å². The molecule has 0 aliphatic carbocycles. The van der Waals surface area contributed by atoms with Crippen molar-refractivity contribution in [1.29, 1.82) is 0 Å². The van der Waals surface area contributed by atoms with Gasteiger partial charge in [-0.2, -0.15) is 0 Å². The molecule has 0 radical (unpaired) electrons. The molecule has 10 heteroatoms. The Bertz CT molecular complexity index is 692. The van der Waals surface area contributed by atoms with E-state index in [0.29, 0.717) is 19.5 Å². The van der Waals surface area contributed by atoms with Gasteiger partial charge in [0.25, 0.3) is 0 Å². The van der Waals surface area contributed by atoms with E-state index in [1.165, 1.54) is 12.1 Å². The second-order valence-corrected chi connectivity index (χ2v) is 8.04. The van der Waals surface area contributed by atoms with Crippen LogP contribution in [-0.4, -0.2) is 71.3 Å². The van der Waals surface area contributed by atoms with Gasteiger partial charge >= 0.3 is 0 Å². The molecule has 0 aromatic heterocycles. The lowest BCUT2D eigenvalue weighted by molar-refractivity contribution is 0.372. The summed E-state index contributed by atoms with van der Waals surface area (Å²) in [6, 6.07) is 6.58. The molecule has 0 spiro atoms. The normalized spacial score (nSPS) is 15.4. The summed E-state index contributed by atoms with van der Waals surface area (Å²) in [6.45, 7) is 7.07. The van der Waals surface area contributed by atoms with Gasteiger partial charge in [0.1, 0.15) is 5.82 Å². The zero-order chi connectivity index (χ0) is 19.0. The number of hydrogen-bond donors (Lipinski definition) is 2. The number of aliphatic imine (C=N–C) groups is 1. The summed E-state index contributed by atoms with van der Waals surface area (Å²) < 4.78 is 37.6. The first-order valence-electron chi connectivity index (χ1n) is 8.87. The lowest BCUT2D eigenvalue weighted by Crippen LogP contribution is -2.52. The van der Waals surface area contributed by atoms with Crippen LogP contribution in [0.4, 0.5) is 10.1 Å². The number of anilines is 1. The van der Waals surface area contributed by atoms with Gasteiger partial charge in [-0.1, -0.05) is 0 Å². The van der Waals surface area contributed by atoms with Gasteiger partial charge < -0.3 is 15.1 Å². The minimum absolute atomic E-state index is 0. The van der Waals surface area contributed by atoms with Crippen molar-refractivity contribution in [2.45, 2.75) is 13.3 Å². The Morgan fingerprint density at radius 2 is 1.81 bits per heavy atom. The highest BCUT2D eigenvalue weighted by Crippen LogP contribution is 2.16. The molecule has 0 amide bonds. The lowest BCUT2D eigenvalue weighted by Gasteiger charge is -2.37. The van der Waals surface area contributed by atoms with E-state index in [-0.39, 0.29) is 29.8 Å². The van der Waals surface area contributed by atoms with Crippen molar-refractivity contribution in [2.24, 2.45) is 4.99 Å². The van der Waals surface area contributed by atoms with Crippen LogP contribution in [0, 0.1) is 5.82 Å². The number of halogens is 2. The predicted molar refractivity (Wildman–Crippen MR) is 119 cm³/mol. The van der Waals surface area contributed by atoms with Crippen LogP contribution >= 0.6 is 24.0 Å². The van der Waals surface area contributed by atoms with Gasteiger partial charge in [-0.25, -0.2) is 17.5 Å². The zero-order valence-corrected chi connectivity index (χ0v) is 19.0. The summed E-state index contributed by atoms with van der Waals surface area (Å²) in [5, 5.41) is 3.29. The van der Waals surface area contributed by atoms with Crippen LogP contribution < -0.4 is 14.9 Å². The molecular formula is C17H29FIN5O2S. The largest absolute Gasteiger partial charge is 0.368 e. The molecule has 2 N–H and O–H groups in total. The van der Waals surface area contributed by atoms with Gasteiger partial charge in [0.2, 0.25) is 10.0 Å². The molecule has 1 aromatic rings. The van der Waals surface area contributed by atoms with Crippen LogP contribution in [0.25, 0.3) is 0 Å². The van der Waals surface area contributed by atoms with E-state index in [9.17, 15) is 12.8 Å². The van der Waals surface area contributed by atoms with Crippen molar-refractivity contribution in [2.75, 3.05) is 57.0 Å². The van der Waals surface area contributed by atoms with Gasteiger partial charge in [-0.3, -0.25) is 4.99 Å². The zero-order valence-electron chi connectivity index (χ0n) is 15.8. The topological polar surface area (TPSA) is 77.0 Å². The molecule has 1 aliphatic rings. The second kappa shape index (κ2) is 11.6. The highest BCUT2D eigenvalue weighted by molar-refractivity contribution is 14.0. The van der Waals surface area contributed by atoms with Gasteiger partial charge in [0, 0.05) is 51.5 Å². The fraction of sp³-hybridized carbons (Fsp3) is 0.588. The third-order valence-corrected chi connectivity index (χ3v) is 4.80. The fourth-order valence-corrected chi connectivity index (χ4v) is 3.29. The Kier molecular flexibility index (Phi) is 10.3. The van der Waals surface area contributed by atoms with Crippen LogP contribution in [0.3, 0.4) is 0 Å².